The molecule has 10 heteroatoms. The Hall–Kier alpha value is -4.15. The zero-order valence-electron chi connectivity index (χ0n) is 24.8. The number of fused-ring (bicyclic) bond motifs is 1. The molecule has 1 unspecified atom stereocenters. The number of para-hydroxylation sites is 1. The second-order valence-electron chi connectivity index (χ2n) is 12.2. The Morgan fingerprint density at radius 2 is 1.76 bits per heavy atom. The molecule has 6 rings (SSSR count). The SMILES string of the molecule is CC1(C)CC2=C(C(c3ccc(OCc4ccccc4)cc3F)N(C(=O)Cc3ccc(Br)cc3)c3cccc(O)c3N2)S(=O)(=O)C1. The molecule has 0 spiro atoms. The maximum Gasteiger partial charge on any atom is 0.232 e. The Labute approximate surface area is 270 Å². The Morgan fingerprint density at radius 3 is 2.47 bits per heavy atom. The maximum atomic E-state index is 16.3. The molecule has 4 aromatic carbocycles. The summed E-state index contributed by atoms with van der Waals surface area (Å²) in [5.41, 5.74) is 1.70. The van der Waals surface area contributed by atoms with Crippen molar-refractivity contribution < 1.29 is 27.4 Å². The van der Waals surface area contributed by atoms with E-state index in [9.17, 15) is 18.3 Å². The lowest BCUT2D eigenvalue weighted by atomic mass is 9.88. The zero-order valence-corrected chi connectivity index (χ0v) is 27.2. The number of nitrogens with one attached hydrogen (secondary N) is 1. The molecule has 0 bridgehead atoms. The minimum Gasteiger partial charge on any atom is -0.506 e. The lowest BCUT2D eigenvalue weighted by Crippen LogP contribution is -2.42. The van der Waals surface area contributed by atoms with Crippen molar-refractivity contribution in [1.82, 2.24) is 0 Å². The van der Waals surface area contributed by atoms with Gasteiger partial charge < -0.3 is 15.2 Å². The number of aromatic hydroxyl groups is 1. The fourth-order valence-electron chi connectivity index (χ4n) is 6.08. The van der Waals surface area contributed by atoms with E-state index in [-0.39, 0.29) is 52.1 Å². The first-order chi connectivity index (χ1) is 21.4. The van der Waals surface area contributed by atoms with Crippen molar-refractivity contribution in [3.8, 4) is 11.5 Å². The van der Waals surface area contributed by atoms with Gasteiger partial charge in [-0.05, 0) is 59.4 Å². The number of anilines is 2. The Morgan fingerprint density at radius 1 is 1.02 bits per heavy atom. The first kappa shape index (κ1) is 30.9. The number of ether oxygens (including phenoxy) is 1. The highest BCUT2D eigenvalue weighted by atomic mass is 79.9. The van der Waals surface area contributed by atoms with E-state index < -0.39 is 33.0 Å². The second-order valence-corrected chi connectivity index (χ2v) is 15.0. The molecule has 7 nitrogen and oxygen atoms in total. The molecule has 4 aromatic rings. The molecule has 0 saturated heterocycles. The van der Waals surface area contributed by atoms with Gasteiger partial charge in [-0.25, -0.2) is 12.8 Å². The van der Waals surface area contributed by atoms with Gasteiger partial charge in [0.2, 0.25) is 5.91 Å². The van der Waals surface area contributed by atoms with Gasteiger partial charge in [-0.1, -0.05) is 78.3 Å². The summed E-state index contributed by atoms with van der Waals surface area (Å²) in [6.45, 7) is 3.91. The molecule has 2 aliphatic heterocycles. The predicted molar refractivity (Wildman–Crippen MR) is 176 cm³/mol. The molecule has 0 fully saturated rings. The van der Waals surface area contributed by atoms with E-state index in [4.69, 9.17) is 4.74 Å². The van der Waals surface area contributed by atoms with Crippen LogP contribution in [-0.4, -0.2) is 25.2 Å². The van der Waals surface area contributed by atoms with Crippen molar-refractivity contribution in [3.05, 3.63) is 129 Å². The molecule has 2 N–H and O–H groups in total. The summed E-state index contributed by atoms with van der Waals surface area (Å²) < 4.78 is 51.3. The summed E-state index contributed by atoms with van der Waals surface area (Å²) in [7, 11) is -4.02. The van der Waals surface area contributed by atoms with Crippen LogP contribution in [0, 0.1) is 11.2 Å². The van der Waals surface area contributed by atoms with Crippen molar-refractivity contribution in [1.29, 1.82) is 0 Å². The van der Waals surface area contributed by atoms with Crippen LogP contribution in [0.2, 0.25) is 0 Å². The highest BCUT2D eigenvalue weighted by Gasteiger charge is 2.47. The van der Waals surface area contributed by atoms with Crippen molar-refractivity contribution in [2.24, 2.45) is 5.41 Å². The fourth-order valence-corrected chi connectivity index (χ4v) is 8.70. The smallest absolute Gasteiger partial charge is 0.232 e. The molecule has 0 saturated carbocycles. The molecule has 232 valence electrons. The van der Waals surface area contributed by atoms with E-state index in [2.05, 4.69) is 21.2 Å². The van der Waals surface area contributed by atoms with Crippen molar-refractivity contribution in [2.45, 2.75) is 39.3 Å². The van der Waals surface area contributed by atoms with Crippen LogP contribution in [0.3, 0.4) is 0 Å². The summed E-state index contributed by atoms with van der Waals surface area (Å²) in [5.74, 6) is -1.27. The number of halogens is 2. The molecule has 1 amide bonds. The largest absolute Gasteiger partial charge is 0.506 e. The van der Waals surface area contributed by atoms with Gasteiger partial charge in [0.25, 0.3) is 0 Å². The first-order valence-electron chi connectivity index (χ1n) is 14.5. The fraction of sp³-hybridized carbons (Fsp3) is 0.229. The number of phenolic OH excluding ortho intramolecular Hbond substituents is 1. The van der Waals surface area contributed by atoms with E-state index in [0.29, 0.717) is 17.7 Å². The third-order valence-electron chi connectivity index (χ3n) is 7.98. The van der Waals surface area contributed by atoms with Gasteiger partial charge in [-0.3, -0.25) is 9.69 Å². The number of amides is 1. The normalized spacial score (nSPS) is 18.3. The zero-order chi connectivity index (χ0) is 31.9. The molecule has 45 heavy (non-hydrogen) atoms. The van der Waals surface area contributed by atoms with Gasteiger partial charge in [-0.2, -0.15) is 0 Å². The van der Waals surface area contributed by atoms with Gasteiger partial charge >= 0.3 is 0 Å². The third-order valence-corrected chi connectivity index (χ3v) is 10.8. The number of sulfone groups is 1. The van der Waals surface area contributed by atoms with E-state index in [1.165, 1.54) is 23.1 Å². The number of phenols is 1. The summed E-state index contributed by atoms with van der Waals surface area (Å²) in [4.78, 5) is 15.6. The molecule has 1 atom stereocenters. The molecule has 2 aliphatic rings. The van der Waals surface area contributed by atoms with Crippen LogP contribution in [0.15, 0.2) is 106 Å². The average Bonchev–Trinajstić information content (AvgIpc) is 3.12. The summed E-state index contributed by atoms with van der Waals surface area (Å²) >= 11 is 3.41. The van der Waals surface area contributed by atoms with Crippen molar-refractivity contribution in [2.75, 3.05) is 16.0 Å². The minimum atomic E-state index is -4.02. The number of rotatable bonds is 6. The lowest BCUT2D eigenvalue weighted by molar-refractivity contribution is -0.118. The van der Waals surface area contributed by atoms with Crippen LogP contribution in [0.4, 0.5) is 15.8 Å². The minimum absolute atomic E-state index is 0.00000814. The maximum absolute atomic E-state index is 16.3. The summed E-state index contributed by atoms with van der Waals surface area (Å²) in [6, 6.07) is 24.3. The number of nitrogens with zero attached hydrogens (tertiary/aromatic N) is 1. The Balaban J connectivity index is 1.52. The molecule has 0 aliphatic carbocycles. The monoisotopic (exact) mass is 690 g/mol. The van der Waals surface area contributed by atoms with Crippen LogP contribution >= 0.6 is 15.9 Å². The van der Waals surface area contributed by atoms with Crippen molar-refractivity contribution in [3.63, 3.8) is 0 Å². The van der Waals surface area contributed by atoms with Crippen LogP contribution in [-0.2, 0) is 27.7 Å². The van der Waals surface area contributed by atoms with Crippen LogP contribution in [0.25, 0.3) is 0 Å². The Bertz CT molecular complexity index is 1910. The molecule has 0 aromatic heterocycles. The average molecular weight is 692 g/mol. The predicted octanol–water partition coefficient (Wildman–Crippen LogP) is 7.67. The number of hydrogen-bond acceptors (Lipinski definition) is 6. The van der Waals surface area contributed by atoms with E-state index in [1.54, 1.807) is 30.3 Å². The summed E-state index contributed by atoms with van der Waals surface area (Å²) in [5, 5.41) is 14.2. The molecule has 2 heterocycles. The van der Waals surface area contributed by atoms with Gasteiger partial charge in [0, 0.05) is 21.8 Å². The first-order valence-corrected chi connectivity index (χ1v) is 16.9. The molecular weight excluding hydrogens is 659 g/mol. The van der Waals surface area contributed by atoms with Gasteiger partial charge in [0.1, 0.15) is 35.7 Å². The topological polar surface area (TPSA) is 95.9 Å². The standard InChI is InChI=1S/C35H32BrFN2O5S/c1-35(2)19-28-34(45(42,43)21-35)33(26-16-15-25(18-27(26)37)44-20-23-7-4-3-5-8-23)39(29-9-6-10-30(40)32(29)38-28)31(41)17-22-11-13-24(36)14-12-22/h3-16,18,33,38,40H,17,19-21H2,1-2H3. The van der Waals surface area contributed by atoms with Crippen LogP contribution in [0.1, 0.15) is 43.0 Å². The van der Waals surface area contributed by atoms with Crippen LogP contribution in [0.5, 0.6) is 11.5 Å². The van der Waals surface area contributed by atoms with E-state index >= 15 is 4.39 Å². The Kier molecular flexibility index (Phi) is 8.22. The molecular formula is C35H32BrFN2O5S. The highest BCUT2D eigenvalue weighted by Crippen LogP contribution is 2.51. The van der Waals surface area contributed by atoms with E-state index in [1.807, 2.05) is 56.3 Å². The summed E-state index contributed by atoms with van der Waals surface area (Å²) in [6.07, 6.45) is 0.216. The number of hydrogen-bond donors (Lipinski definition) is 2. The van der Waals surface area contributed by atoms with Crippen LogP contribution < -0.4 is 15.0 Å². The van der Waals surface area contributed by atoms with Gasteiger partial charge in [0.05, 0.1) is 22.8 Å². The quantitative estimate of drug-likeness (QED) is 0.202. The van der Waals surface area contributed by atoms with E-state index in [0.717, 1.165) is 10.0 Å². The third kappa shape index (κ3) is 6.35. The second kappa shape index (κ2) is 12.0. The van der Waals surface area contributed by atoms with Gasteiger partial charge in [-0.15, -0.1) is 0 Å². The number of benzene rings is 4. The number of carbonyl (C=O) groups is 1. The number of carbonyl (C=O) groups excluding carboxylic acids is 1. The number of allylic oxidation sites excluding steroid dienone is 1. The van der Waals surface area contributed by atoms with Gasteiger partial charge in [0.15, 0.2) is 9.84 Å². The highest BCUT2D eigenvalue weighted by molar-refractivity contribution is 9.10. The molecule has 0 radical (unpaired) electrons. The lowest BCUT2D eigenvalue weighted by Gasteiger charge is -2.37. The van der Waals surface area contributed by atoms with Crippen molar-refractivity contribution >= 4 is 43.0 Å².